The van der Waals surface area contributed by atoms with Gasteiger partial charge in [0.25, 0.3) is 5.91 Å². The van der Waals surface area contributed by atoms with Gasteiger partial charge in [-0.1, -0.05) is 0 Å². The molecule has 0 aromatic carbocycles. The zero-order valence-corrected chi connectivity index (χ0v) is 17.9. The summed E-state index contributed by atoms with van der Waals surface area (Å²) in [7, 11) is 0. The maximum Gasteiger partial charge on any atom is 0.417 e. The zero-order chi connectivity index (χ0) is 23.2. The fourth-order valence-corrected chi connectivity index (χ4v) is 4.24. The third-order valence-corrected chi connectivity index (χ3v) is 5.96. The number of anilines is 2. The molecule has 3 aromatic rings. The summed E-state index contributed by atoms with van der Waals surface area (Å²) >= 11 is 0. The summed E-state index contributed by atoms with van der Waals surface area (Å²) in [6.45, 7) is 5.59. The van der Waals surface area contributed by atoms with Gasteiger partial charge in [-0.2, -0.15) is 18.3 Å². The molecular formula is C22H22F3N7O. The van der Waals surface area contributed by atoms with Crippen molar-refractivity contribution in [2.45, 2.75) is 19.1 Å². The van der Waals surface area contributed by atoms with Crippen LogP contribution in [0.25, 0.3) is 11.1 Å². The number of carbonyl (C=O) groups is 1. The van der Waals surface area contributed by atoms with Gasteiger partial charge in [0.1, 0.15) is 17.3 Å². The number of hydrogen-bond acceptors (Lipinski definition) is 6. The average molecular weight is 457 g/mol. The Hall–Kier alpha value is -3.47. The molecule has 0 spiro atoms. The minimum Gasteiger partial charge on any atom is -0.354 e. The lowest BCUT2D eigenvalue weighted by Crippen LogP contribution is -2.44. The Morgan fingerprint density at radius 2 is 1.85 bits per heavy atom. The minimum absolute atomic E-state index is 0.175. The van der Waals surface area contributed by atoms with Gasteiger partial charge in [-0.05, 0) is 36.8 Å². The van der Waals surface area contributed by atoms with E-state index in [1.165, 1.54) is 11.0 Å². The largest absolute Gasteiger partial charge is 0.417 e. The maximum absolute atomic E-state index is 13.5. The number of aromatic nitrogens is 4. The summed E-state index contributed by atoms with van der Waals surface area (Å²) in [5.41, 5.74) is 0.990. The molecule has 0 bridgehead atoms. The molecule has 1 N–H and O–H groups in total. The van der Waals surface area contributed by atoms with Gasteiger partial charge >= 0.3 is 6.18 Å². The fourth-order valence-electron chi connectivity index (χ4n) is 4.24. The lowest BCUT2D eigenvalue weighted by atomic mass is 10.0. The topological polar surface area (TPSA) is 79.2 Å². The van der Waals surface area contributed by atoms with Crippen molar-refractivity contribution in [1.82, 2.24) is 25.1 Å². The summed E-state index contributed by atoms with van der Waals surface area (Å²) in [6, 6.07) is 5.77. The number of hydrogen-bond donors (Lipinski definition) is 1. The van der Waals surface area contributed by atoms with E-state index in [4.69, 9.17) is 0 Å². The summed E-state index contributed by atoms with van der Waals surface area (Å²) in [5, 5.41) is 7.75. The fraction of sp³-hybridized carbons (Fsp3) is 0.364. The highest BCUT2D eigenvalue weighted by Gasteiger charge is 2.35. The monoisotopic (exact) mass is 457 g/mol. The van der Waals surface area contributed by atoms with Crippen molar-refractivity contribution in [3.05, 3.63) is 54.1 Å². The maximum atomic E-state index is 13.5. The van der Waals surface area contributed by atoms with Gasteiger partial charge in [0.2, 0.25) is 0 Å². The molecule has 0 radical (unpaired) electrons. The van der Waals surface area contributed by atoms with E-state index in [0.717, 1.165) is 49.8 Å². The second-order valence-electron chi connectivity index (χ2n) is 8.16. The number of piperazine rings is 1. The summed E-state index contributed by atoms with van der Waals surface area (Å²) in [4.78, 5) is 25.4. The van der Waals surface area contributed by atoms with E-state index < -0.39 is 11.7 Å². The number of alkyl halides is 3. The van der Waals surface area contributed by atoms with Gasteiger partial charge in [-0.25, -0.2) is 9.97 Å². The predicted octanol–water partition coefficient (Wildman–Crippen LogP) is 2.99. The van der Waals surface area contributed by atoms with Gasteiger partial charge in [-0.15, -0.1) is 0 Å². The molecule has 11 heteroatoms. The molecule has 0 unspecified atom stereocenters. The van der Waals surface area contributed by atoms with Crippen LogP contribution in [-0.4, -0.2) is 58.4 Å². The highest BCUT2D eigenvalue weighted by Crippen LogP contribution is 2.34. The third kappa shape index (κ3) is 3.92. The number of amides is 1. The number of halogens is 3. The highest BCUT2D eigenvalue weighted by molar-refractivity contribution is 6.09. The van der Waals surface area contributed by atoms with Gasteiger partial charge in [0, 0.05) is 50.7 Å². The van der Waals surface area contributed by atoms with E-state index in [2.05, 4.69) is 25.3 Å². The molecule has 2 aliphatic heterocycles. The number of pyridine rings is 2. The quantitative estimate of drug-likeness (QED) is 0.652. The lowest BCUT2D eigenvalue weighted by molar-refractivity contribution is -0.137. The van der Waals surface area contributed by atoms with Crippen LogP contribution in [0.4, 0.5) is 24.8 Å². The second-order valence-corrected chi connectivity index (χ2v) is 8.16. The molecule has 33 heavy (non-hydrogen) atoms. The standard InChI is InChI=1S/C22H22F3N7O/c1-14-13-31(18-3-2-16(11-28-18)22(23,24)25)21(33)20-17(12-29-32(14)20)15-4-5-27-19(10-15)30-8-6-26-7-9-30/h2-5,10-12,14,26H,6-9,13H2,1H3/t14-/m0/s1. The molecule has 5 rings (SSSR count). The van der Waals surface area contributed by atoms with Crippen LogP contribution in [0.5, 0.6) is 0 Å². The number of fused-ring (bicyclic) bond motifs is 1. The molecule has 2 aliphatic rings. The molecule has 0 aliphatic carbocycles. The van der Waals surface area contributed by atoms with Crippen molar-refractivity contribution >= 4 is 17.5 Å². The SMILES string of the molecule is C[C@H]1CN(c2ccc(C(F)(F)F)cn2)C(=O)c2c(-c3ccnc(N4CCNCC4)c3)cnn21. The van der Waals surface area contributed by atoms with Crippen molar-refractivity contribution in [2.24, 2.45) is 0 Å². The molecule has 5 heterocycles. The number of carbonyl (C=O) groups excluding carboxylic acids is 1. The molecular weight excluding hydrogens is 435 g/mol. The Bertz CT molecular complexity index is 1170. The van der Waals surface area contributed by atoms with Gasteiger partial charge in [0.05, 0.1) is 17.8 Å². The lowest BCUT2D eigenvalue weighted by Gasteiger charge is -2.32. The van der Waals surface area contributed by atoms with Crippen LogP contribution in [0.1, 0.15) is 29.0 Å². The molecule has 0 saturated carbocycles. The molecule has 1 atom stereocenters. The molecule has 3 aromatic heterocycles. The molecule has 1 saturated heterocycles. The number of nitrogens with one attached hydrogen (secondary N) is 1. The number of rotatable bonds is 3. The van der Waals surface area contributed by atoms with E-state index >= 15 is 0 Å². The van der Waals surface area contributed by atoms with Gasteiger partial charge < -0.3 is 10.2 Å². The van der Waals surface area contributed by atoms with E-state index in [-0.39, 0.29) is 24.3 Å². The smallest absolute Gasteiger partial charge is 0.354 e. The van der Waals surface area contributed by atoms with Crippen LogP contribution in [0.3, 0.4) is 0 Å². The molecule has 1 fully saturated rings. The van der Waals surface area contributed by atoms with Crippen LogP contribution in [0, 0.1) is 0 Å². The van der Waals surface area contributed by atoms with Crippen molar-refractivity contribution in [3.8, 4) is 11.1 Å². The molecule has 1 amide bonds. The minimum atomic E-state index is -4.49. The summed E-state index contributed by atoms with van der Waals surface area (Å²) in [6.07, 6.45) is -0.365. The first kappa shape index (κ1) is 21.4. The van der Waals surface area contributed by atoms with Crippen LogP contribution >= 0.6 is 0 Å². The first-order valence-electron chi connectivity index (χ1n) is 10.7. The van der Waals surface area contributed by atoms with Crippen LogP contribution in [-0.2, 0) is 6.18 Å². The molecule has 172 valence electrons. The van der Waals surface area contributed by atoms with Crippen LogP contribution in [0.15, 0.2) is 42.9 Å². The Morgan fingerprint density at radius 3 is 2.55 bits per heavy atom. The van der Waals surface area contributed by atoms with Crippen LogP contribution in [0.2, 0.25) is 0 Å². The average Bonchev–Trinajstić information content (AvgIpc) is 3.28. The van der Waals surface area contributed by atoms with Gasteiger partial charge in [-0.3, -0.25) is 14.4 Å². The third-order valence-electron chi connectivity index (χ3n) is 5.96. The Kier molecular flexibility index (Phi) is 5.28. The van der Waals surface area contributed by atoms with E-state index in [1.54, 1.807) is 17.1 Å². The normalized spacial score (nSPS) is 19.0. The van der Waals surface area contributed by atoms with Crippen molar-refractivity contribution in [3.63, 3.8) is 0 Å². The van der Waals surface area contributed by atoms with Crippen molar-refractivity contribution in [2.75, 3.05) is 42.5 Å². The second kappa shape index (κ2) is 8.14. The van der Waals surface area contributed by atoms with Gasteiger partial charge in [0.15, 0.2) is 0 Å². The summed E-state index contributed by atoms with van der Waals surface area (Å²) in [5.74, 6) is 0.648. The zero-order valence-electron chi connectivity index (χ0n) is 17.9. The first-order valence-corrected chi connectivity index (χ1v) is 10.7. The molecule has 8 nitrogen and oxygen atoms in total. The first-order chi connectivity index (χ1) is 15.8. The Labute approximate surface area is 188 Å². The van der Waals surface area contributed by atoms with E-state index in [9.17, 15) is 18.0 Å². The van der Waals surface area contributed by atoms with Crippen molar-refractivity contribution < 1.29 is 18.0 Å². The predicted molar refractivity (Wildman–Crippen MR) is 116 cm³/mol. The Balaban J connectivity index is 1.49. The van der Waals surface area contributed by atoms with E-state index in [1.807, 2.05) is 19.1 Å². The van der Waals surface area contributed by atoms with E-state index in [0.29, 0.717) is 11.3 Å². The summed E-state index contributed by atoms with van der Waals surface area (Å²) < 4.78 is 40.4. The van der Waals surface area contributed by atoms with Crippen molar-refractivity contribution in [1.29, 1.82) is 0 Å². The highest BCUT2D eigenvalue weighted by atomic mass is 19.4. The Morgan fingerprint density at radius 1 is 1.06 bits per heavy atom. The van der Waals surface area contributed by atoms with Crippen LogP contribution < -0.4 is 15.1 Å². The number of nitrogens with zero attached hydrogens (tertiary/aromatic N) is 6.